The number of carboxylic acid groups (broad SMARTS) is 1. The fourth-order valence-electron chi connectivity index (χ4n) is 2.75. The molecule has 2 aromatic carbocycles. The molecule has 0 bridgehead atoms. The van der Waals surface area contributed by atoms with Crippen LogP contribution in [0.1, 0.15) is 23.6 Å². The first-order valence-corrected chi connectivity index (χ1v) is 10.3. The van der Waals surface area contributed by atoms with E-state index in [9.17, 15) is 9.90 Å². The van der Waals surface area contributed by atoms with Crippen LogP contribution in [0.4, 0.5) is 0 Å². The number of nitrogens with one attached hydrogen (secondary N) is 1. The van der Waals surface area contributed by atoms with Crippen LogP contribution in [0.15, 0.2) is 65.5 Å². The van der Waals surface area contributed by atoms with Gasteiger partial charge in [0.2, 0.25) is 0 Å². The molecule has 1 aliphatic heterocycles. The van der Waals surface area contributed by atoms with Crippen LogP contribution >= 0.6 is 23.5 Å². The van der Waals surface area contributed by atoms with E-state index in [0.29, 0.717) is 11.3 Å². The summed E-state index contributed by atoms with van der Waals surface area (Å²) in [6.07, 6.45) is 0. The topological polar surface area (TPSA) is 70.9 Å². The van der Waals surface area contributed by atoms with Crippen molar-refractivity contribution in [2.45, 2.75) is 17.4 Å². The number of hydrogen-bond acceptors (Lipinski definition) is 6. The molecule has 0 aliphatic carbocycles. The molecule has 1 aliphatic rings. The molecule has 2 N–H and O–H groups in total. The SMILES string of the molecule is CON=C(C(=O)O)c1ccccc1CSC1NC(C)=C(c2ccccc2)S1. The van der Waals surface area contributed by atoms with Gasteiger partial charge in [0.05, 0.1) is 0 Å². The third kappa shape index (κ3) is 4.67. The highest BCUT2D eigenvalue weighted by Gasteiger charge is 2.24. The molecule has 0 fully saturated rings. The molecule has 0 spiro atoms. The number of hydrogen-bond donors (Lipinski definition) is 2. The summed E-state index contributed by atoms with van der Waals surface area (Å²) in [4.78, 5) is 17.5. The van der Waals surface area contributed by atoms with Gasteiger partial charge in [0.1, 0.15) is 11.8 Å². The molecule has 5 nitrogen and oxygen atoms in total. The number of rotatable bonds is 7. The highest BCUT2D eigenvalue weighted by Crippen LogP contribution is 2.43. The van der Waals surface area contributed by atoms with Crippen LogP contribution in [-0.2, 0) is 15.4 Å². The molecule has 0 radical (unpaired) electrons. The van der Waals surface area contributed by atoms with Crippen LogP contribution < -0.4 is 5.32 Å². The van der Waals surface area contributed by atoms with E-state index >= 15 is 0 Å². The van der Waals surface area contributed by atoms with Crippen LogP contribution in [0, 0.1) is 0 Å². The standard InChI is InChI=1S/C20H20N2O3S2/c1-13-18(14-8-4-3-5-9-14)27-20(21-13)26-12-15-10-6-7-11-16(15)17(19(23)24)22-25-2/h3-11,20-21H,12H2,1-2H3,(H,23,24). The minimum Gasteiger partial charge on any atom is -0.476 e. The van der Waals surface area contributed by atoms with Crippen LogP contribution in [-0.4, -0.2) is 28.6 Å². The number of oxime groups is 1. The Kier molecular flexibility index (Phi) is 6.47. The zero-order valence-corrected chi connectivity index (χ0v) is 16.6. The van der Waals surface area contributed by atoms with E-state index in [1.807, 2.05) is 30.3 Å². The zero-order chi connectivity index (χ0) is 19.2. The number of benzene rings is 2. The summed E-state index contributed by atoms with van der Waals surface area (Å²) >= 11 is 3.50. The largest absolute Gasteiger partial charge is 0.476 e. The maximum atomic E-state index is 11.5. The second-order valence-electron chi connectivity index (χ2n) is 5.81. The summed E-state index contributed by atoms with van der Waals surface area (Å²) < 4.78 is 0.168. The average molecular weight is 401 g/mol. The number of allylic oxidation sites excluding steroid dienone is 1. The van der Waals surface area contributed by atoms with Gasteiger partial charge < -0.3 is 15.3 Å². The molecule has 1 unspecified atom stereocenters. The zero-order valence-electron chi connectivity index (χ0n) is 15.0. The van der Waals surface area contributed by atoms with E-state index < -0.39 is 5.97 Å². The van der Waals surface area contributed by atoms with E-state index in [4.69, 9.17) is 4.84 Å². The van der Waals surface area contributed by atoms with Crippen molar-refractivity contribution in [2.24, 2.45) is 5.16 Å². The Morgan fingerprint density at radius 2 is 1.93 bits per heavy atom. The maximum absolute atomic E-state index is 11.5. The van der Waals surface area contributed by atoms with Gasteiger partial charge in [0.25, 0.3) is 0 Å². The molecule has 3 rings (SSSR count). The van der Waals surface area contributed by atoms with Gasteiger partial charge >= 0.3 is 5.97 Å². The molecule has 2 aromatic rings. The van der Waals surface area contributed by atoms with Crippen LogP contribution in [0.5, 0.6) is 0 Å². The Morgan fingerprint density at radius 1 is 1.22 bits per heavy atom. The summed E-state index contributed by atoms with van der Waals surface area (Å²) in [5.74, 6) is -0.446. The number of nitrogens with zero attached hydrogens (tertiary/aromatic N) is 1. The average Bonchev–Trinajstić information content (AvgIpc) is 3.06. The molecule has 0 amide bonds. The number of carbonyl (C=O) groups is 1. The van der Waals surface area contributed by atoms with Crippen molar-refractivity contribution in [2.75, 3.05) is 7.11 Å². The van der Waals surface area contributed by atoms with Crippen molar-refractivity contribution in [3.63, 3.8) is 0 Å². The van der Waals surface area contributed by atoms with Gasteiger partial charge in [-0.3, -0.25) is 0 Å². The fourth-order valence-corrected chi connectivity index (χ4v) is 5.32. The quantitative estimate of drug-likeness (QED) is 0.531. The monoisotopic (exact) mass is 400 g/mol. The minimum absolute atomic E-state index is 0.0833. The van der Waals surface area contributed by atoms with Gasteiger partial charge in [-0.15, -0.1) is 11.8 Å². The molecule has 0 saturated heterocycles. The number of thioether (sulfide) groups is 2. The molecule has 0 saturated carbocycles. The van der Waals surface area contributed by atoms with Crippen molar-refractivity contribution in [3.8, 4) is 0 Å². The van der Waals surface area contributed by atoms with Gasteiger partial charge in [-0.1, -0.05) is 71.5 Å². The van der Waals surface area contributed by atoms with Gasteiger partial charge in [-0.25, -0.2) is 4.79 Å². The predicted octanol–water partition coefficient (Wildman–Crippen LogP) is 4.36. The van der Waals surface area contributed by atoms with Crippen LogP contribution in [0.25, 0.3) is 4.91 Å². The first-order chi connectivity index (χ1) is 13.1. The Morgan fingerprint density at radius 3 is 2.63 bits per heavy atom. The van der Waals surface area contributed by atoms with Crippen LogP contribution in [0.3, 0.4) is 0 Å². The lowest BCUT2D eigenvalue weighted by atomic mass is 10.0. The normalized spacial score (nSPS) is 17.0. The highest BCUT2D eigenvalue weighted by molar-refractivity contribution is 8.21. The molecular weight excluding hydrogens is 380 g/mol. The number of carboxylic acids is 1. The minimum atomic E-state index is -1.11. The van der Waals surface area contributed by atoms with Gasteiger partial charge in [-0.2, -0.15) is 0 Å². The van der Waals surface area contributed by atoms with Crippen molar-refractivity contribution >= 4 is 40.1 Å². The van der Waals surface area contributed by atoms with Crippen molar-refractivity contribution in [1.29, 1.82) is 0 Å². The molecule has 1 heterocycles. The van der Waals surface area contributed by atoms with E-state index in [-0.39, 0.29) is 10.4 Å². The fraction of sp³-hybridized carbons (Fsp3) is 0.200. The predicted molar refractivity (Wildman–Crippen MR) is 112 cm³/mol. The Labute approximate surface area is 166 Å². The summed E-state index contributed by atoms with van der Waals surface area (Å²) in [6, 6.07) is 17.7. The summed E-state index contributed by atoms with van der Waals surface area (Å²) in [5, 5.41) is 16.6. The van der Waals surface area contributed by atoms with E-state index in [1.165, 1.54) is 17.6 Å². The van der Waals surface area contributed by atoms with E-state index in [2.05, 4.69) is 29.5 Å². The molecule has 140 valence electrons. The first-order valence-electron chi connectivity index (χ1n) is 8.34. The Hall–Kier alpha value is -2.38. The second kappa shape index (κ2) is 9.01. The lowest BCUT2D eigenvalue weighted by Crippen LogP contribution is -2.18. The molecule has 1 atom stereocenters. The third-order valence-corrected chi connectivity index (χ3v) is 6.69. The lowest BCUT2D eigenvalue weighted by molar-refractivity contribution is -0.129. The molecule has 7 heteroatoms. The molecule has 0 aromatic heterocycles. The van der Waals surface area contributed by atoms with Crippen LogP contribution in [0.2, 0.25) is 0 Å². The van der Waals surface area contributed by atoms with Crippen molar-refractivity contribution in [1.82, 2.24) is 5.32 Å². The maximum Gasteiger partial charge on any atom is 0.358 e. The van der Waals surface area contributed by atoms with E-state index in [1.54, 1.807) is 35.7 Å². The smallest absolute Gasteiger partial charge is 0.358 e. The van der Waals surface area contributed by atoms with Gasteiger partial charge in [0, 0.05) is 21.9 Å². The highest BCUT2D eigenvalue weighted by atomic mass is 32.2. The number of aliphatic carboxylic acids is 1. The van der Waals surface area contributed by atoms with E-state index in [0.717, 1.165) is 11.3 Å². The summed E-state index contributed by atoms with van der Waals surface area (Å²) in [7, 11) is 1.35. The molecule has 27 heavy (non-hydrogen) atoms. The van der Waals surface area contributed by atoms with Crippen molar-refractivity contribution in [3.05, 3.63) is 77.0 Å². The third-order valence-electron chi connectivity index (χ3n) is 3.98. The van der Waals surface area contributed by atoms with Gasteiger partial charge in [-0.05, 0) is 18.1 Å². The second-order valence-corrected chi connectivity index (χ2v) is 8.32. The van der Waals surface area contributed by atoms with Gasteiger partial charge in [0.15, 0.2) is 5.71 Å². The molecular formula is C20H20N2O3S2. The first kappa shape index (κ1) is 19.4. The summed E-state index contributed by atoms with van der Waals surface area (Å²) in [6.45, 7) is 2.08. The Bertz CT molecular complexity index is 882. The summed E-state index contributed by atoms with van der Waals surface area (Å²) in [5.41, 5.74) is 3.77. The lowest BCUT2D eigenvalue weighted by Gasteiger charge is -2.13. The Balaban J connectivity index is 1.71. The van der Waals surface area contributed by atoms with Crippen molar-refractivity contribution < 1.29 is 14.7 Å².